The summed E-state index contributed by atoms with van der Waals surface area (Å²) in [6.07, 6.45) is 1.02. The fourth-order valence-electron chi connectivity index (χ4n) is 2.10. The van der Waals surface area contributed by atoms with E-state index < -0.39 is 0 Å². The summed E-state index contributed by atoms with van der Waals surface area (Å²) in [5.41, 5.74) is 1.43. The standard InChI is InChI=1S/C12H14O/c1-9(13)11-8-12(11,2)10-6-4-3-5-7-10/h3-7,11H,8H2,1-2H3/t11-,12-/m1/s1. The van der Waals surface area contributed by atoms with Crippen molar-refractivity contribution < 1.29 is 4.79 Å². The molecule has 0 aliphatic heterocycles. The second kappa shape index (κ2) is 2.69. The Morgan fingerprint density at radius 1 is 1.38 bits per heavy atom. The van der Waals surface area contributed by atoms with Crippen LogP contribution in [-0.4, -0.2) is 5.78 Å². The third-order valence-electron chi connectivity index (χ3n) is 3.16. The van der Waals surface area contributed by atoms with Crippen molar-refractivity contribution in [2.45, 2.75) is 25.7 Å². The molecule has 68 valence electrons. The highest BCUT2D eigenvalue weighted by Gasteiger charge is 2.53. The maximum absolute atomic E-state index is 11.2. The second-order valence-corrected chi connectivity index (χ2v) is 4.15. The average Bonchev–Trinajstić information content (AvgIpc) is 2.82. The van der Waals surface area contributed by atoms with Gasteiger partial charge in [0.05, 0.1) is 0 Å². The molecule has 2 rings (SSSR count). The second-order valence-electron chi connectivity index (χ2n) is 4.15. The van der Waals surface area contributed by atoms with Crippen LogP contribution in [0.25, 0.3) is 0 Å². The maximum atomic E-state index is 11.2. The van der Waals surface area contributed by atoms with Crippen LogP contribution in [0.2, 0.25) is 0 Å². The molecule has 13 heavy (non-hydrogen) atoms. The third-order valence-corrected chi connectivity index (χ3v) is 3.16. The molecule has 0 amide bonds. The van der Waals surface area contributed by atoms with Crippen molar-refractivity contribution in [3.05, 3.63) is 35.9 Å². The molecule has 1 aromatic rings. The number of ketones is 1. The zero-order chi connectivity index (χ0) is 9.47. The van der Waals surface area contributed by atoms with Crippen LogP contribution < -0.4 is 0 Å². The van der Waals surface area contributed by atoms with Gasteiger partial charge in [0.1, 0.15) is 5.78 Å². The topological polar surface area (TPSA) is 17.1 Å². The van der Waals surface area contributed by atoms with Crippen LogP contribution >= 0.6 is 0 Å². The quantitative estimate of drug-likeness (QED) is 0.673. The van der Waals surface area contributed by atoms with Gasteiger partial charge in [0, 0.05) is 11.3 Å². The van der Waals surface area contributed by atoms with Crippen LogP contribution in [0.3, 0.4) is 0 Å². The summed E-state index contributed by atoms with van der Waals surface area (Å²) in [5, 5.41) is 0. The van der Waals surface area contributed by atoms with E-state index in [9.17, 15) is 4.79 Å². The van der Waals surface area contributed by atoms with E-state index in [1.54, 1.807) is 6.92 Å². The van der Waals surface area contributed by atoms with Crippen molar-refractivity contribution in [1.29, 1.82) is 0 Å². The Hall–Kier alpha value is -1.11. The number of Topliss-reactive ketones (excluding diaryl/α,β-unsaturated/α-hetero) is 1. The number of hydrogen-bond acceptors (Lipinski definition) is 1. The van der Waals surface area contributed by atoms with Gasteiger partial charge in [-0.05, 0) is 18.9 Å². The lowest BCUT2D eigenvalue weighted by Gasteiger charge is -2.09. The Kier molecular flexibility index (Phi) is 1.76. The highest BCUT2D eigenvalue weighted by Crippen LogP contribution is 2.54. The van der Waals surface area contributed by atoms with Gasteiger partial charge in [-0.2, -0.15) is 0 Å². The van der Waals surface area contributed by atoms with Crippen molar-refractivity contribution in [3.63, 3.8) is 0 Å². The van der Waals surface area contributed by atoms with E-state index in [0.717, 1.165) is 6.42 Å². The van der Waals surface area contributed by atoms with Crippen LogP contribution in [0.5, 0.6) is 0 Å². The van der Waals surface area contributed by atoms with E-state index in [4.69, 9.17) is 0 Å². The minimum atomic E-state index is 0.132. The Labute approximate surface area is 78.8 Å². The summed E-state index contributed by atoms with van der Waals surface area (Å²) in [7, 11) is 0. The molecule has 0 N–H and O–H groups in total. The fraction of sp³-hybridized carbons (Fsp3) is 0.417. The number of rotatable bonds is 2. The first-order valence-corrected chi connectivity index (χ1v) is 4.70. The van der Waals surface area contributed by atoms with Crippen LogP contribution in [-0.2, 0) is 10.2 Å². The van der Waals surface area contributed by atoms with Crippen LogP contribution in [0.15, 0.2) is 30.3 Å². The Balaban J connectivity index is 2.25. The summed E-state index contributed by atoms with van der Waals surface area (Å²) in [6, 6.07) is 10.3. The number of carbonyl (C=O) groups is 1. The maximum Gasteiger partial charge on any atom is 0.133 e. The van der Waals surface area contributed by atoms with Gasteiger partial charge in [0.15, 0.2) is 0 Å². The van der Waals surface area contributed by atoms with E-state index in [1.165, 1.54) is 5.56 Å². The monoisotopic (exact) mass is 174 g/mol. The van der Waals surface area contributed by atoms with Gasteiger partial charge in [-0.3, -0.25) is 4.79 Å². The van der Waals surface area contributed by atoms with Crippen molar-refractivity contribution in [3.8, 4) is 0 Å². The number of benzene rings is 1. The van der Waals surface area contributed by atoms with E-state index in [1.807, 2.05) is 18.2 Å². The van der Waals surface area contributed by atoms with Crippen molar-refractivity contribution in [2.75, 3.05) is 0 Å². The molecule has 1 aromatic carbocycles. The van der Waals surface area contributed by atoms with Gasteiger partial charge in [-0.1, -0.05) is 37.3 Å². The van der Waals surface area contributed by atoms with Crippen molar-refractivity contribution >= 4 is 5.78 Å². The first-order chi connectivity index (χ1) is 6.14. The summed E-state index contributed by atoms with van der Waals surface area (Å²) in [6.45, 7) is 3.87. The largest absolute Gasteiger partial charge is 0.300 e. The lowest BCUT2D eigenvalue weighted by Crippen LogP contribution is -2.08. The molecule has 1 fully saturated rings. The minimum absolute atomic E-state index is 0.132. The Morgan fingerprint density at radius 3 is 2.46 bits per heavy atom. The predicted molar refractivity (Wildman–Crippen MR) is 52.6 cm³/mol. The summed E-state index contributed by atoms with van der Waals surface area (Å²) in [4.78, 5) is 11.2. The zero-order valence-corrected chi connectivity index (χ0v) is 8.08. The molecule has 0 saturated heterocycles. The fourth-order valence-corrected chi connectivity index (χ4v) is 2.10. The Bertz CT molecular complexity index is 328. The molecule has 0 spiro atoms. The number of carbonyl (C=O) groups excluding carboxylic acids is 1. The molecule has 1 nitrogen and oxygen atoms in total. The molecule has 0 bridgehead atoms. The Morgan fingerprint density at radius 2 is 2.00 bits per heavy atom. The zero-order valence-electron chi connectivity index (χ0n) is 8.08. The average molecular weight is 174 g/mol. The van der Waals surface area contributed by atoms with Crippen LogP contribution in [0.1, 0.15) is 25.8 Å². The van der Waals surface area contributed by atoms with Gasteiger partial charge < -0.3 is 0 Å². The smallest absolute Gasteiger partial charge is 0.133 e. The summed E-state index contributed by atoms with van der Waals surface area (Å²) >= 11 is 0. The summed E-state index contributed by atoms with van der Waals surface area (Å²) < 4.78 is 0. The van der Waals surface area contributed by atoms with Gasteiger partial charge in [0.2, 0.25) is 0 Å². The predicted octanol–water partition coefficient (Wildman–Crippen LogP) is 2.55. The van der Waals surface area contributed by atoms with Gasteiger partial charge >= 0.3 is 0 Å². The first kappa shape index (κ1) is 8.49. The molecule has 1 aliphatic carbocycles. The molecule has 0 heterocycles. The van der Waals surface area contributed by atoms with Gasteiger partial charge in [-0.25, -0.2) is 0 Å². The molecular weight excluding hydrogens is 160 g/mol. The van der Waals surface area contributed by atoms with E-state index in [0.29, 0.717) is 5.78 Å². The molecule has 2 atom stereocenters. The SMILES string of the molecule is CC(=O)[C@H]1C[C@]1(C)c1ccccc1. The third kappa shape index (κ3) is 1.28. The lowest BCUT2D eigenvalue weighted by molar-refractivity contribution is -0.118. The van der Waals surface area contributed by atoms with Crippen LogP contribution in [0.4, 0.5) is 0 Å². The first-order valence-electron chi connectivity index (χ1n) is 4.70. The van der Waals surface area contributed by atoms with Gasteiger partial charge in [0.25, 0.3) is 0 Å². The van der Waals surface area contributed by atoms with Gasteiger partial charge in [-0.15, -0.1) is 0 Å². The molecule has 1 saturated carbocycles. The molecule has 0 aromatic heterocycles. The minimum Gasteiger partial charge on any atom is -0.300 e. The highest BCUT2D eigenvalue weighted by atomic mass is 16.1. The van der Waals surface area contributed by atoms with Crippen molar-refractivity contribution in [1.82, 2.24) is 0 Å². The van der Waals surface area contributed by atoms with E-state index >= 15 is 0 Å². The summed E-state index contributed by atoms with van der Waals surface area (Å²) in [5.74, 6) is 0.584. The van der Waals surface area contributed by atoms with E-state index in [2.05, 4.69) is 19.1 Å². The van der Waals surface area contributed by atoms with Crippen molar-refractivity contribution in [2.24, 2.45) is 5.92 Å². The molecule has 0 radical (unpaired) electrons. The van der Waals surface area contributed by atoms with E-state index in [-0.39, 0.29) is 11.3 Å². The van der Waals surface area contributed by atoms with Crippen LogP contribution in [0, 0.1) is 5.92 Å². The molecule has 0 unspecified atom stereocenters. The molecular formula is C12H14O. The highest BCUT2D eigenvalue weighted by molar-refractivity contribution is 5.83. The number of hydrogen-bond donors (Lipinski definition) is 0. The normalized spacial score (nSPS) is 31.4. The molecule has 1 heteroatoms. The molecule has 1 aliphatic rings. The lowest BCUT2D eigenvalue weighted by atomic mass is 9.94.